The Balaban J connectivity index is 1.42. The molecule has 1 aromatic heterocycles. The zero-order valence-electron chi connectivity index (χ0n) is 17.1. The molecule has 1 N–H and O–H groups in total. The third kappa shape index (κ3) is 4.73. The molecule has 1 aliphatic rings. The van der Waals surface area contributed by atoms with Gasteiger partial charge >= 0.3 is 0 Å². The van der Waals surface area contributed by atoms with Gasteiger partial charge in [0.25, 0.3) is 0 Å². The van der Waals surface area contributed by atoms with Crippen molar-refractivity contribution < 1.29 is 4.79 Å². The predicted molar refractivity (Wildman–Crippen MR) is 124 cm³/mol. The highest BCUT2D eigenvalue weighted by Gasteiger charge is 2.22. The van der Waals surface area contributed by atoms with Gasteiger partial charge in [-0.2, -0.15) is 0 Å². The summed E-state index contributed by atoms with van der Waals surface area (Å²) in [7, 11) is 0. The number of fused-ring (bicyclic) bond motifs is 1. The fraction of sp³-hybridized carbons (Fsp3) is 0.375. The minimum atomic E-state index is -0.0294. The van der Waals surface area contributed by atoms with Crippen LogP contribution in [-0.4, -0.2) is 35.0 Å². The van der Waals surface area contributed by atoms with Crippen molar-refractivity contribution in [2.75, 3.05) is 25.0 Å². The number of hydrogen-bond acceptors (Lipinski definition) is 2. The van der Waals surface area contributed by atoms with E-state index in [0.29, 0.717) is 6.04 Å². The van der Waals surface area contributed by atoms with Crippen molar-refractivity contribution in [3.8, 4) is 0 Å². The van der Waals surface area contributed by atoms with E-state index in [1.807, 2.05) is 6.07 Å². The van der Waals surface area contributed by atoms with Crippen LogP contribution in [-0.2, 0) is 11.2 Å². The van der Waals surface area contributed by atoms with E-state index in [2.05, 4.69) is 80.1 Å². The van der Waals surface area contributed by atoms with Crippen molar-refractivity contribution in [2.45, 2.75) is 39.2 Å². The minimum absolute atomic E-state index is 0.0294. The number of anilines is 1. The summed E-state index contributed by atoms with van der Waals surface area (Å²) in [5.41, 5.74) is 4.79. The molecule has 0 saturated carbocycles. The molecule has 29 heavy (non-hydrogen) atoms. The number of carbonyl (C=O) groups is 1. The van der Waals surface area contributed by atoms with Crippen LogP contribution in [0.5, 0.6) is 0 Å². The van der Waals surface area contributed by atoms with Crippen molar-refractivity contribution in [2.24, 2.45) is 0 Å². The molecule has 2 heterocycles. The number of halogens is 1. The lowest BCUT2D eigenvalue weighted by Gasteiger charge is -2.34. The summed E-state index contributed by atoms with van der Waals surface area (Å²) in [5.74, 6) is -0.0294. The molecule has 1 saturated heterocycles. The normalized spacial score (nSPS) is 15.7. The van der Waals surface area contributed by atoms with E-state index in [9.17, 15) is 4.79 Å². The average molecular weight is 454 g/mol. The quantitative estimate of drug-likeness (QED) is 0.549. The second-order valence-corrected chi connectivity index (χ2v) is 8.98. The molecule has 0 unspecified atom stereocenters. The van der Waals surface area contributed by atoms with Crippen LogP contribution in [0.2, 0.25) is 0 Å². The Morgan fingerprint density at radius 2 is 1.83 bits per heavy atom. The van der Waals surface area contributed by atoms with Crippen LogP contribution in [0, 0.1) is 6.92 Å². The fourth-order valence-corrected chi connectivity index (χ4v) is 4.73. The summed E-state index contributed by atoms with van der Waals surface area (Å²) < 4.78 is 3.62. The Bertz CT molecular complexity index is 1000. The fourth-order valence-electron chi connectivity index (χ4n) is 4.46. The third-order valence-electron chi connectivity index (χ3n) is 5.91. The predicted octanol–water partition coefficient (Wildman–Crippen LogP) is 5.55. The van der Waals surface area contributed by atoms with Crippen LogP contribution in [0.3, 0.4) is 0 Å². The Hall–Kier alpha value is -2.11. The van der Waals surface area contributed by atoms with Gasteiger partial charge < -0.3 is 14.8 Å². The molecule has 1 amide bonds. The lowest BCUT2D eigenvalue weighted by molar-refractivity contribution is -0.114. The molecule has 0 aliphatic carbocycles. The summed E-state index contributed by atoms with van der Waals surface area (Å²) in [4.78, 5) is 14.0. The van der Waals surface area contributed by atoms with Gasteiger partial charge in [-0.1, -0.05) is 34.1 Å². The van der Waals surface area contributed by atoms with E-state index in [1.54, 1.807) is 6.92 Å². The average Bonchev–Trinajstić information content (AvgIpc) is 3.02. The smallest absolute Gasteiger partial charge is 0.221 e. The zero-order chi connectivity index (χ0) is 20.4. The van der Waals surface area contributed by atoms with Gasteiger partial charge in [0.05, 0.1) is 5.52 Å². The van der Waals surface area contributed by atoms with Gasteiger partial charge in [-0.25, -0.2) is 0 Å². The van der Waals surface area contributed by atoms with Gasteiger partial charge in [0.1, 0.15) is 0 Å². The highest BCUT2D eigenvalue weighted by atomic mass is 79.9. The minimum Gasteiger partial charge on any atom is -0.342 e. The van der Waals surface area contributed by atoms with Crippen LogP contribution in [0.25, 0.3) is 10.9 Å². The molecule has 0 radical (unpaired) electrons. The summed E-state index contributed by atoms with van der Waals surface area (Å²) in [5, 5.41) is 4.16. The number of aryl methyl sites for hydroxylation is 1. The van der Waals surface area contributed by atoms with Gasteiger partial charge in [0.15, 0.2) is 0 Å². The highest BCUT2D eigenvalue weighted by Crippen LogP contribution is 2.31. The Morgan fingerprint density at radius 3 is 2.52 bits per heavy atom. The number of nitrogens with one attached hydrogen (secondary N) is 1. The first-order chi connectivity index (χ1) is 14.0. The van der Waals surface area contributed by atoms with E-state index >= 15 is 0 Å². The molecule has 3 aromatic rings. The monoisotopic (exact) mass is 453 g/mol. The molecule has 1 aliphatic heterocycles. The Kier molecular flexibility index (Phi) is 6.07. The molecule has 1 fully saturated rings. The van der Waals surface area contributed by atoms with Crippen LogP contribution < -0.4 is 5.32 Å². The summed E-state index contributed by atoms with van der Waals surface area (Å²) in [6.45, 7) is 7.13. The SMILES string of the molecule is CC(=O)Nc1ccc2cc(C)n(C3CCN(CCc4ccc(Br)cc4)CC3)c2c1. The standard InChI is InChI=1S/C24H28BrN3O/c1-17-15-20-5-8-22(26-18(2)29)16-24(20)28(17)23-10-13-27(14-11-23)12-9-19-3-6-21(25)7-4-19/h3-8,15-16,23H,9-14H2,1-2H3,(H,26,29). The van der Waals surface area contributed by atoms with Crippen LogP contribution in [0.4, 0.5) is 5.69 Å². The Labute approximate surface area is 181 Å². The van der Waals surface area contributed by atoms with E-state index in [4.69, 9.17) is 0 Å². The summed E-state index contributed by atoms with van der Waals surface area (Å²) in [6.07, 6.45) is 3.42. The molecular formula is C24H28BrN3O. The number of carbonyl (C=O) groups excluding carboxylic acids is 1. The molecule has 4 rings (SSSR count). The van der Waals surface area contributed by atoms with Gasteiger partial charge in [-0.15, -0.1) is 0 Å². The van der Waals surface area contributed by atoms with Crippen molar-refractivity contribution in [1.82, 2.24) is 9.47 Å². The van der Waals surface area contributed by atoms with Gasteiger partial charge in [0, 0.05) is 53.8 Å². The summed E-state index contributed by atoms with van der Waals surface area (Å²) in [6, 6.07) is 17.6. The molecule has 152 valence electrons. The van der Waals surface area contributed by atoms with E-state index in [0.717, 1.165) is 49.1 Å². The second kappa shape index (κ2) is 8.72. The molecule has 0 bridgehead atoms. The van der Waals surface area contributed by atoms with E-state index < -0.39 is 0 Å². The zero-order valence-corrected chi connectivity index (χ0v) is 18.7. The third-order valence-corrected chi connectivity index (χ3v) is 6.44. The number of piperidine rings is 1. The number of hydrogen-bond donors (Lipinski definition) is 1. The Morgan fingerprint density at radius 1 is 1.10 bits per heavy atom. The number of benzene rings is 2. The largest absolute Gasteiger partial charge is 0.342 e. The maximum absolute atomic E-state index is 11.4. The van der Waals surface area contributed by atoms with Crippen LogP contribution >= 0.6 is 15.9 Å². The van der Waals surface area contributed by atoms with Crippen molar-refractivity contribution >= 4 is 38.4 Å². The molecule has 2 aromatic carbocycles. The highest BCUT2D eigenvalue weighted by molar-refractivity contribution is 9.10. The first-order valence-electron chi connectivity index (χ1n) is 10.4. The number of nitrogens with zero attached hydrogens (tertiary/aromatic N) is 2. The lowest BCUT2D eigenvalue weighted by atomic mass is 10.0. The number of likely N-dealkylation sites (tertiary alicyclic amines) is 1. The van der Waals surface area contributed by atoms with Crippen molar-refractivity contribution in [1.29, 1.82) is 0 Å². The van der Waals surface area contributed by atoms with Crippen molar-refractivity contribution in [3.05, 3.63) is 64.3 Å². The molecule has 4 nitrogen and oxygen atoms in total. The molecule has 0 spiro atoms. The van der Waals surface area contributed by atoms with Gasteiger partial charge in [-0.3, -0.25) is 4.79 Å². The first kappa shape index (κ1) is 20.2. The lowest BCUT2D eigenvalue weighted by Crippen LogP contribution is -2.36. The van der Waals surface area contributed by atoms with Gasteiger partial charge in [0.2, 0.25) is 5.91 Å². The number of amides is 1. The van der Waals surface area contributed by atoms with Gasteiger partial charge in [-0.05, 0) is 62.1 Å². The van der Waals surface area contributed by atoms with E-state index in [-0.39, 0.29) is 5.91 Å². The van der Waals surface area contributed by atoms with Crippen molar-refractivity contribution in [3.63, 3.8) is 0 Å². The number of rotatable bonds is 5. The van der Waals surface area contributed by atoms with Crippen LogP contribution in [0.15, 0.2) is 53.0 Å². The maximum atomic E-state index is 11.4. The first-order valence-corrected chi connectivity index (χ1v) is 11.1. The topological polar surface area (TPSA) is 37.3 Å². The molecule has 0 atom stereocenters. The molecule has 5 heteroatoms. The maximum Gasteiger partial charge on any atom is 0.221 e. The number of aromatic nitrogens is 1. The van der Waals surface area contributed by atoms with E-state index in [1.165, 1.54) is 22.2 Å². The molecular weight excluding hydrogens is 426 g/mol. The van der Waals surface area contributed by atoms with Crippen LogP contribution in [0.1, 0.15) is 37.1 Å². The second-order valence-electron chi connectivity index (χ2n) is 8.06. The summed E-state index contributed by atoms with van der Waals surface area (Å²) >= 11 is 3.50.